The molecule has 0 atom stereocenters. The molecule has 0 N–H and O–H groups in total. The third kappa shape index (κ3) is 7.48. The maximum absolute atomic E-state index is 2.38. The van der Waals surface area contributed by atoms with Crippen LogP contribution in [0.5, 0.6) is 0 Å². The molecule has 0 amide bonds. The van der Waals surface area contributed by atoms with Crippen LogP contribution in [-0.4, -0.2) is 0 Å². The van der Waals surface area contributed by atoms with E-state index in [4.69, 9.17) is 0 Å². The molecule has 0 unspecified atom stereocenters. The van der Waals surface area contributed by atoms with E-state index < -0.39 is 0 Å². The van der Waals surface area contributed by atoms with Crippen molar-refractivity contribution in [2.75, 3.05) is 9.80 Å². The Labute approximate surface area is 375 Å². The lowest BCUT2D eigenvalue weighted by Gasteiger charge is -2.28. The molecule has 0 aliphatic carbocycles. The van der Waals surface area contributed by atoms with E-state index in [0.29, 0.717) is 0 Å². The number of nitrogens with zero attached hydrogens (tertiary/aromatic N) is 2. The van der Waals surface area contributed by atoms with E-state index in [1.807, 2.05) is 0 Å². The number of benzene rings is 11. The summed E-state index contributed by atoms with van der Waals surface area (Å²) < 4.78 is 0. The summed E-state index contributed by atoms with van der Waals surface area (Å²) >= 11 is 0. The Kier molecular flexibility index (Phi) is 10.3. The van der Waals surface area contributed by atoms with Crippen molar-refractivity contribution >= 4 is 55.7 Å². The number of fused-ring (bicyclic) bond motifs is 2. The van der Waals surface area contributed by atoms with Crippen LogP contribution < -0.4 is 9.80 Å². The average Bonchev–Trinajstić information content (AvgIpc) is 3.38. The Balaban J connectivity index is 0.935. The molecule has 0 fully saturated rings. The second-order valence-corrected chi connectivity index (χ2v) is 16.1. The largest absolute Gasteiger partial charge is 0.310 e. The van der Waals surface area contributed by atoms with Gasteiger partial charge in [0.15, 0.2) is 0 Å². The van der Waals surface area contributed by atoms with Crippen molar-refractivity contribution in [2.24, 2.45) is 0 Å². The highest BCUT2D eigenvalue weighted by Gasteiger charge is 2.19. The fraction of sp³-hybridized carbons (Fsp3) is 0. The molecule has 11 rings (SSSR count). The van der Waals surface area contributed by atoms with Crippen molar-refractivity contribution in [1.82, 2.24) is 0 Å². The number of rotatable bonds is 10. The molecule has 0 aliphatic rings. The van der Waals surface area contributed by atoms with Crippen LogP contribution in [-0.2, 0) is 0 Å². The van der Waals surface area contributed by atoms with Gasteiger partial charge in [0.05, 0.1) is 11.4 Å². The normalized spacial score (nSPS) is 11.1. The van der Waals surface area contributed by atoms with Crippen LogP contribution >= 0.6 is 0 Å². The van der Waals surface area contributed by atoms with Crippen molar-refractivity contribution < 1.29 is 0 Å². The molecule has 0 bridgehead atoms. The topological polar surface area (TPSA) is 6.48 Å². The third-order valence-corrected chi connectivity index (χ3v) is 12.3. The highest BCUT2D eigenvalue weighted by Crippen LogP contribution is 2.44. The zero-order chi connectivity index (χ0) is 42.7. The van der Waals surface area contributed by atoms with Gasteiger partial charge in [-0.15, -0.1) is 0 Å². The first-order chi connectivity index (χ1) is 31.7. The van der Waals surface area contributed by atoms with Crippen LogP contribution in [0.1, 0.15) is 0 Å². The lowest BCUT2D eigenvalue weighted by atomic mass is 9.96. The third-order valence-electron chi connectivity index (χ3n) is 12.3. The van der Waals surface area contributed by atoms with E-state index in [-0.39, 0.29) is 0 Å². The van der Waals surface area contributed by atoms with E-state index >= 15 is 0 Å². The lowest BCUT2D eigenvalue weighted by Crippen LogP contribution is -2.10. The number of hydrogen-bond acceptors (Lipinski definition) is 2. The monoisotopic (exact) mass is 816 g/mol. The molecule has 302 valence electrons. The fourth-order valence-corrected chi connectivity index (χ4v) is 9.10. The van der Waals surface area contributed by atoms with E-state index in [1.54, 1.807) is 0 Å². The molecule has 0 saturated heterocycles. The second-order valence-electron chi connectivity index (χ2n) is 16.1. The van der Waals surface area contributed by atoms with Gasteiger partial charge in [-0.25, -0.2) is 0 Å². The van der Waals surface area contributed by atoms with Gasteiger partial charge >= 0.3 is 0 Å². The molecule has 0 aromatic heterocycles. The van der Waals surface area contributed by atoms with Crippen LogP contribution in [0.3, 0.4) is 0 Å². The zero-order valence-electron chi connectivity index (χ0n) is 35.3. The summed E-state index contributed by atoms with van der Waals surface area (Å²) in [6, 6.07) is 96.2. The number of hydrogen-bond donors (Lipinski definition) is 0. The molecule has 0 heterocycles. The molecule has 0 spiro atoms. The average molecular weight is 817 g/mol. The molecule has 2 heteroatoms. The SMILES string of the molecule is c1ccc(-c2cccc(-c3ccc(N(c4ccc(-c5ccc(N(c6ccccc6)c6ccc(-c7ccccc7)c7ccccc67)cc5)cc4)c4cccc5ccccc45)cc3)c2)cc1. The predicted octanol–water partition coefficient (Wildman–Crippen LogP) is 17.6. The highest BCUT2D eigenvalue weighted by molar-refractivity contribution is 6.06. The van der Waals surface area contributed by atoms with Gasteiger partial charge in [0.25, 0.3) is 0 Å². The fourth-order valence-electron chi connectivity index (χ4n) is 9.10. The van der Waals surface area contributed by atoms with E-state index in [9.17, 15) is 0 Å². The van der Waals surface area contributed by atoms with Crippen LogP contribution in [0, 0.1) is 0 Å². The minimum atomic E-state index is 1.09. The first-order valence-corrected chi connectivity index (χ1v) is 21.9. The summed E-state index contributed by atoms with van der Waals surface area (Å²) in [5.74, 6) is 0. The molecule has 0 aliphatic heterocycles. The molecule has 11 aromatic rings. The summed E-state index contributed by atoms with van der Waals surface area (Å²) in [5.41, 5.74) is 16.2. The maximum atomic E-state index is 2.38. The van der Waals surface area contributed by atoms with Crippen molar-refractivity contribution in [1.29, 1.82) is 0 Å². The zero-order valence-corrected chi connectivity index (χ0v) is 35.3. The van der Waals surface area contributed by atoms with Crippen molar-refractivity contribution in [3.63, 3.8) is 0 Å². The van der Waals surface area contributed by atoms with Gasteiger partial charge in [0.2, 0.25) is 0 Å². The Morgan fingerprint density at radius 2 is 0.578 bits per heavy atom. The molecule has 11 aromatic carbocycles. The smallest absolute Gasteiger partial charge is 0.0540 e. The van der Waals surface area contributed by atoms with Gasteiger partial charge in [0.1, 0.15) is 0 Å². The summed E-state index contributed by atoms with van der Waals surface area (Å²) in [7, 11) is 0. The van der Waals surface area contributed by atoms with Crippen LogP contribution in [0.4, 0.5) is 34.1 Å². The van der Waals surface area contributed by atoms with Crippen LogP contribution in [0.25, 0.3) is 66.1 Å². The molecule has 0 saturated carbocycles. The van der Waals surface area contributed by atoms with Gasteiger partial charge in [-0.2, -0.15) is 0 Å². The van der Waals surface area contributed by atoms with E-state index in [1.165, 1.54) is 54.9 Å². The minimum Gasteiger partial charge on any atom is -0.310 e. The van der Waals surface area contributed by atoms with Gasteiger partial charge in [0, 0.05) is 33.5 Å². The Morgan fingerprint density at radius 1 is 0.203 bits per heavy atom. The van der Waals surface area contributed by atoms with E-state index in [0.717, 1.165) is 45.3 Å². The Bertz CT molecular complexity index is 3340. The van der Waals surface area contributed by atoms with Crippen LogP contribution in [0.15, 0.2) is 267 Å². The quantitative estimate of drug-likeness (QED) is 0.136. The standard InChI is InChI=1S/C62H44N2/c1-4-16-45(17-5-1)51-22-14-23-52(44-51)48-34-40-56(41-35-48)64(61-29-15-21-50-20-10-11-26-58(50)61)55-38-32-47(33-39-55)46-30-36-54(37-31-46)63(53-24-8-3-9-25-53)62-43-42-57(49-18-6-2-7-19-49)59-27-12-13-28-60(59)62/h1-44H. The summed E-state index contributed by atoms with van der Waals surface area (Å²) in [6.07, 6.45) is 0. The van der Waals surface area contributed by atoms with Gasteiger partial charge in [-0.1, -0.05) is 200 Å². The molecular formula is C62H44N2. The molecule has 2 nitrogen and oxygen atoms in total. The lowest BCUT2D eigenvalue weighted by molar-refractivity contribution is 1.29. The van der Waals surface area contributed by atoms with Crippen molar-refractivity contribution in [3.05, 3.63) is 267 Å². The number of para-hydroxylation sites is 1. The number of anilines is 6. The Hall–Kier alpha value is -8.46. The summed E-state index contributed by atoms with van der Waals surface area (Å²) in [4.78, 5) is 4.75. The van der Waals surface area contributed by atoms with Gasteiger partial charge < -0.3 is 9.80 Å². The first-order valence-electron chi connectivity index (χ1n) is 21.9. The molecule has 64 heavy (non-hydrogen) atoms. The van der Waals surface area contributed by atoms with Crippen molar-refractivity contribution in [2.45, 2.75) is 0 Å². The summed E-state index contributed by atoms with van der Waals surface area (Å²) in [5, 5.41) is 4.84. The van der Waals surface area contributed by atoms with Gasteiger partial charge in [-0.3, -0.25) is 0 Å². The predicted molar refractivity (Wildman–Crippen MR) is 273 cm³/mol. The first kappa shape index (κ1) is 38.5. The second kappa shape index (κ2) is 17.1. The highest BCUT2D eigenvalue weighted by atomic mass is 15.1. The van der Waals surface area contributed by atoms with Crippen molar-refractivity contribution in [3.8, 4) is 44.5 Å². The molecule has 0 radical (unpaired) electrons. The Morgan fingerprint density at radius 3 is 1.16 bits per heavy atom. The maximum Gasteiger partial charge on any atom is 0.0540 e. The van der Waals surface area contributed by atoms with Crippen LogP contribution in [0.2, 0.25) is 0 Å². The molecular weight excluding hydrogens is 773 g/mol. The minimum absolute atomic E-state index is 1.09. The summed E-state index contributed by atoms with van der Waals surface area (Å²) in [6.45, 7) is 0. The van der Waals surface area contributed by atoms with Gasteiger partial charge in [-0.05, 0) is 122 Å². The van der Waals surface area contributed by atoms with E-state index in [2.05, 4.69) is 277 Å².